The van der Waals surface area contributed by atoms with Crippen LogP contribution in [0.3, 0.4) is 0 Å². The maximum absolute atomic E-state index is 13.0. The first-order valence-electron chi connectivity index (χ1n) is 23.6. The number of hydrogen-bond donors (Lipinski definition) is 10. The van der Waals surface area contributed by atoms with Gasteiger partial charge in [-0.05, 0) is 53.9 Å². The van der Waals surface area contributed by atoms with E-state index in [0.717, 1.165) is 54.6 Å². The van der Waals surface area contributed by atoms with Gasteiger partial charge in [0, 0.05) is 41.8 Å². The molecule has 0 saturated carbocycles. The minimum Gasteiger partial charge on any atom is -0.505 e. The lowest BCUT2D eigenvalue weighted by Gasteiger charge is -2.13. The second kappa shape index (κ2) is 26.7. The Bertz CT molecular complexity index is 4120. The number of nitrogens with zero attached hydrogens (tertiary/aromatic N) is 10. The van der Waals surface area contributed by atoms with E-state index in [1.54, 1.807) is 0 Å². The molecule has 7 rings (SSSR count). The van der Waals surface area contributed by atoms with Crippen molar-refractivity contribution in [3.63, 3.8) is 0 Å². The van der Waals surface area contributed by atoms with Crippen molar-refractivity contribution in [1.82, 2.24) is 9.78 Å². The van der Waals surface area contributed by atoms with Crippen LogP contribution in [-0.2, 0) is 30.4 Å². The van der Waals surface area contributed by atoms with E-state index < -0.39 is 113 Å². The number of aromatic nitrogens is 2. The smallest absolute Gasteiger partial charge is 0.358 e. The Kier molecular flexibility index (Phi) is 19.8. The third kappa shape index (κ3) is 14.6. The predicted molar refractivity (Wildman–Crippen MR) is 287 cm³/mol. The van der Waals surface area contributed by atoms with Crippen molar-refractivity contribution in [3.05, 3.63) is 90.6 Å². The molecule has 0 bridgehead atoms. The van der Waals surface area contributed by atoms with Crippen molar-refractivity contribution in [3.8, 4) is 51.8 Å². The molecule has 7 aromatic rings. The van der Waals surface area contributed by atoms with Crippen molar-refractivity contribution in [2.45, 2.75) is 14.7 Å². The monoisotopic (exact) mass is 1230 g/mol. The van der Waals surface area contributed by atoms with Gasteiger partial charge in [-0.3, -0.25) is 13.7 Å². The fourth-order valence-corrected chi connectivity index (χ4v) is 9.23. The van der Waals surface area contributed by atoms with Gasteiger partial charge in [0.25, 0.3) is 30.4 Å². The minimum atomic E-state index is -5.33. The molecule has 0 fully saturated rings. The summed E-state index contributed by atoms with van der Waals surface area (Å²) in [7, 11) is -12.6. The van der Waals surface area contributed by atoms with Crippen LogP contribution in [0.1, 0.15) is 10.5 Å². The lowest BCUT2D eigenvalue weighted by atomic mass is 10.1. The molecule has 0 atom stereocenters. The summed E-state index contributed by atoms with van der Waals surface area (Å²) in [5, 5.41) is 107. The third-order valence-corrected chi connectivity index (χ3v) is 13.6. The van der Waals surface area contributed by atoms with Crippen LogP contribution in [0, 0.1) is 0 Å². The number of benzene rings is 6. The van der Waals surface area contributed by atoms with Crippen molar-refractivity contribution < 1.29 is 108 Å². The van der Waals surface area contributed by atoms with E-state index >= 15 is 0 Å². The Morgan fingerprint density at radius 2 is 0.869 bits per heavy atom. The quantitative estimate of drug-likeness (QED) is 0.0182. The zero-order valence-corrected chi connectivity index (χ0v) is 45.7. The van der Waals surface area contributed by atoms with E-state index in [4.69, 9.17) is 28.4 Å². The number of methoxy groups -OCH3 is 2. The fourth-order valence-electron chi connectivity index (χ4n) is 7.30. The summed E-state index contributed by atoms with van der Waals surface area (Å²) < 4.78 is 138. The molecule has 0 saturated heterocycles. The lowest BCUT2D eigenvalue weighted by Crippen LogP contribution is -2.04. The van der Waals surface area contributed by atoms with Crippen LogP contribution in [0.4, 0.5) is 45.5 Å². The van der Waals surface area contributed by atoms with E-state index in [2.05, 4.69) is 46.0 Å². The van der Waals surface area contributed by atoms with E-state index in [-0.39, 0.29) is 105 Å². The summed E-state index contributed by atoms with van der Waals surface area (Å²) in [5.74, 6) is -4.44. The first-order valence-corrected chi connectivity index (χ1v) is 27.9. The number of carbonyl (C=O) groups is 1. The second-order valence-corrected chi connectivity index (χ2v) is 20.6. The summed E-state index contributed by atoms with van der Waals surface area (Å²) in [5.41, 5.74) is -4.43. The van der Waals surface area contributed by atoms with Gasteiger partial charge in [-0.25, -0.2) is 4.79 Å². The normalized spacial score (nSPS) is 12.3. The largest absolute Gasteiger partial charge is 0.505 e. The van der Waals surface area contributed by atoms with Gasteiger partial charge in [0.2, 0.25) is 11.6 Å². The van der Waals surface area contributed by atoms with Gasteiger partial charge in [0.1, 0.15) is 115 Å². The molecule has 0 unspecified atom stereocenters. The second-order valence-electron chi connectivity index (χ2n) is 16.5. The number of azo groups is 4. The zero-order chi connectivity index (χ0) is 61.1. The molecule has 33 nitrogen and oxygen atoms in total. The van der Waals surface area contributed by atoms with Crippen molar-refractivity contribution in [2.24, 2.45) is 40.9 Å². The van der Waals surface area contributed by atoms with Crippen molar-refractivity contribution in [2.75, 3.05) is 67.1 Å². The number of phenolic OH excluding ortho intramolecular Hbond substituents is 1. The fraction of sp³-hybridized carbons (Fsp3) is 0.208. The standard InChI is InChI=1S/C48H46N10O23S3/c1-76-27-4-7-30(40(19-27)82(67,68)69)49-51-32-21-38(80-15-11-61)34(23-36(32)78-13-9-59)53-55-43-42(84(73,74)75)18-25-17-26(3-6-29(25)46(43)63)58-47(64)44(45(57-58)48(65)66)56-54-35-24-37(79-14-10-60)33(22-39(35)81-16-12-62)52-50-31-8-5-28(77-2)20-41(31)83(70,71)72/h3-8,17-24,59-64H,9-16H2,1-2H3,(H,65,66)(H,67,68,69)(H,70,71,72)(H,73,74,75)/b51-49+,52-50+,55-53+,56-54+. The SMILES string of the molecule is COc1ccc(/N=N/c2cc(OCCO)c(/N=N/c3c(S(=O)(=O)O)cc4cc(-n5nc(C(=O)O)c(/N=N/c6cc(OCCO)c(/N=N/c7ccc(OC)cc7S(=O)(=O)O)cc6OCCO)c5O)ccc4c3O)cc2OCCO)c(S(=O)(=O)O)c1. The molecule has 0 radical (unpaired) electrons. The van der Waals surface area contributed by atoms with Gasteiger partial charge >= 0.3 is 5.97 Å². The molecular formula is C48H46N10O23S3. The Morgan fingerprint density at radius 1 is 0.488 bits per heavy atom. The number of carboxylic acid groups (broad SMARTS) is 1. The molecule has 10 N–H and O–H groups in total. The number of aliphatic hydroxyl groups is 4. The molecule has 1 aromatic heterocycles. The Morgan fingerprint density at radius 3 is 1.24 bits per heavy atom. The van der Waals surface area contributed by atoms with Crippen LogP contribution < -0.4 is 28.4 Å². The lowest BCUT2D eigenvalue weighted by molar-refractivity contribution is 0.0690. The van der Waals surface area contributed by atoms with Crippen LogP contribution in [-0.4, -0.2) is 157 Å². The summed E-state index contributed by atoms with van der Waals surface area (Å²) in [6.07, 6.45) is 0. The third-order valence-electron chi connectivity index (χ3n) is 11.0. The maximum Gasteiger partial charge on any atom is 0.358 e. The number of phenols is 1. The van der Waals surface area contributed by atoms with Crippen LogP contribution in [0.25, 0.3) is 16.5 Å². The van der Waals surface area contributed by atoms with Gasteiger partial charge in [-0.1, -0.05) is 0 Å². The molecule has 444 valence electrons. The highest BCUT2D eigenvalue weighted by Crippen LogP contribution is 2.47. The van der Waals surface area contributed by atoms with E-state index in [1.807, 2.05) is 0 Å². The highest BCUT2D eigenvalue weighted by atomic mass is 32.2. The number of rotatable bonds is 27. The minimum absolute atomic E-state index is 0.0516. The molecule has 1 heterocycles. The average molecular weight is 1230 g/mol. The number of ether oxygens (including phenoxy) is 6. The first-order chi connectivity index (χ1) is 39.9. The number of aromatic hydroxyl groups is 2. The molecule has 84 heavy (non-hydrogen) atoms. The number of carboxylic acids is 1. The van der Waals surface area contributed by atoms with E-state index in [0.29, 0.717) is 4.68 Å². The summed E-state index contributed by atoms with van der Waals surface area (Å²) in [4.78, 5) is 10.2. The number of hydrogen-bond acceptors (Lipinski definition) is 28. The maximum atomic E-state index is 13.0. The number of aromatic carboxylic acids is 1. The molecule has 0 aliphatic carbocycles. The van der Waals surface area contributed by atoms with Crippen LogP contribution in [0.2, 0.25) is 0 Å². The topological polar surface area (TPSA) is 494 Å². The molecule has 0 amide bonds. The summed E-state index contributed by atoms with van der Waals surface area (Å²) in [6.45, 7) is -3.67. The number of aliphatic hydroxyl groups excluding tert-OH is 4. The van der Waals surface area contributed by atoms with Crippen LogP contribution in [0.15, 0.2) is 141 Å². The molecule has 0 spiro atoms. The zero-order valence-electron chi connectivity index (χ0n) is 43.2. The Hall–Kier alpha value is -9.37. The van der Waals surface area contributed by atoms with Crippen molar-refractivity contribution >= 4 is 92.6 Å². The summed E-state index contributed by atoms with van der Waals surface area (Å²) in [6, 6.07) is 15.7. The highest BCUT2D eigenvalue weighted by molar-refractivity contribution is 7.86. The van der Waals surface area contributed by atoms with Gasteiger partial charge in [-0.15, -0.1) is 40.9 Å². The van der Waals surface area contributed by atoms with E-state index in [1.165, 1.54) is 44.6 Å². The van der Waals surface area contributed by atoms with Gasteiger partial charge in [0.15, 0.2) is 11.4 Å². The predicted octanol–water partition coefficient (Wildman–Crippen LogP) is 7.04. The average Bonchev–Trinajstić information content (AvgIpc) is 3.35. The highest BCUT2D eigenvalue weighted by Gasteiger charge is 2.28. The van der Waals surface area contributed by atoms with E-state index in [9.17, 15) is 79.5 Å². The number of fused-ring (bicyclic) bond motifs is 1. The molecule has 0 aliphatic rings. The summed E-state index contributed by atoms with van der Waals surface area (Å²) >= 11 is 0. The molecule has 36 heteroatoms. The Labute approximate surface area is 473 Å². The van der Waals surface area contributed by atoms with Crippen molar-refractivity contribution in [1.29, 1.82) is 0 Å². The van der Waals surface area contributed by atoms with Gasteiger partial charge in [0.05, 0.1) is 46.3 Å². The van der Waals surface area contributed by atoms with Gasteiger partial charge in [-0.2, -0.15) is 35.0 Å². The molecule has 0 aliphatic heterocycles. The molecular weight excluding hydrogens is 1180 g/mol. The van der Waals surface area contributed by atoms with Crippen LogP contribution >= 0.6 is 0 Å². The van der Waals surface area contributed by atoms with Gasteiger partial charge < -0.3 is 64.2 Å². The van der Waals surface area contributed by atoms with Crippen LogP contribution in [0.5, 0.6) is 46.1 Å². The molecule has 6 aromatic carbocycles. The Balaban J connectivity index is 1.28. The first kappa shape index (κ1) is 62.2.